The largest absolute Gasteiger partial charge is 0.494 e. The third-order valence-electron chi connectivity index (χ3n) is 3.19. The third-order valence-corrected chi connectivity index (χ3v) is 3.19. The molecule has 0 spiro atoms. The molecule has 6 heteroatoms. The molecule has 1 heterocycles. The highest BCUT2D eigenvalue weighted by Gasteiger charge is 2.18. The molecular formula is C13H20FN3O2. The van der Waals surface area contributed by atoms with Crippen LogP contribution in [0, 0.1) is 5.82 Å². The Morgan fingerprint density at radius 2 is 2.37 bits per heavy atom. The fourth-order valence-electron chi connectivity index (χ4n) is 2.09. The number of morpholine rings is 1. The third kappa shape index (κ3) is 3.48. The highest BCUT2D eigenvalue weighted by Crippen LogP contribution is 2.28. The van der Waals surface area contributed by atoms with Crippen molar-refractivity contribution in [2.45, 2.75) is 6.10 Å². The summed E-state index contributed by atoms with van der Waals surface area (Å²) in [6.45, 7) is 3.17. The molecule has 0 amide bonds. The molecule has 2 rings (SSSR count). The van der Waals surface area contributed by atoms with Crippen molar-refractivity contribution >= 4 is 11.4 Å². The van der Waals surface area contributed by atoms with Crippen molar-refractivity contribution in [3.8, 4) is 5.75 Å². The number of likely N-dealkylation sites (N-methyl/N-ethyl adjacent to an activating group) is 1. The Morgan fingerprint density at radius 3 is 3.05 bits per heavy atom. The number of nitrogens with two attached hydrogens (primary N) is 1. The molecule has 0 bridgehead atoms. The fraction of sp³-hybridized carbons (Fsp3) is 0.538. The van der Waals surface area contributed by atoms with Crippen LogP contribution in [0.4, 0.5) is 15.8 Å². The Kier molecular flexibility index (Phi) is 4.44. The number of halogens is 1. The van der Waals surface area contributed by atoms with Crippen LogP contribution in [0.25, 0.3) is 0 Å². The van der Waals surface area contributed by atoms with Crippen molar-refractivity contribution in [3.63, 3.8) is 0 Å². The molecule has 106 valence electrons. The van der Waals surface area contributed by atoms with E-state index in [1.807, 2.05) is 0 Å². The van der Waals surface area contributed by atoms with E-state index in [1.165, 1.54) is 13.2 Å². The summed E-state index contributed by atoms with van der Waals surface area (Å²) < 4.78 is 24.0. The minimum absolute atomic E-state index is 0.106. The molecule has 0 aromatic heterocycles. The van der Waals surface area contributed by atoms with E-state index in [4.69, 9.17) is 15.2 Å². The van der Waals surface area contributed by atoms with Crippen molar-refractivity contribution in [2.75, 3.05) is 51.4 Å². The van der Waals surface area contributed by atoms with E-state index in [9.17, 15) is 4.39 Å². The van der Waals surface area contributed by atoms with Crippen molar-refractivity contribution in [3.05, 3.63) is 17.9 Å². The van der Waals surface area contributed by atoms with Crippen LogP contribution in [0.1, 0.15) is 0 Å². The molecule has 0 radical (unpaired) electrons. The smallest absolute Gasteiger partial charge is 0.167 e. The number of hydrogen-bond acceptors (Lipinski definition) is 5. The van der Waals surface area contributed by atoms with E-state index >= 15 is 0 Å². The van der Waals surface area contributed by atoms with Gasteiger partial charge in [-0.1, -0.05) is 0 Å². The van der Waals surface area contributed by atoms with E-state index < -0.39 is 5.82 Å². The SMILES string of the molecule is COc1cc(NCC2CN(C)CCO2)c(N)cc1F. The number of benzene rings is 1. The van der Waals surface area contributed by atoms with Crippen LogP contribution < -0.4 is 15.8 Å². The average molecular weight is 269 g/mol. The number of nitrogen functional groups attached to an aromatic ring is 1. The first kappa shape index (κ1) is 13.9. The summed E-state index contributed by atoms with van der Waals surface area (Å²) >= 11 is 0. The van der Waals surface area contributed by atoms with Crippen LogP contribution >= 0.6 is 0 Å². The monoisotopic (exact) mass is 269 g/mol. The van der Waals surface area contributed by atoms with Gasteiger partial charge in [0.1, 0.15) is 0 Å². The number of nitrogens with zero attached hydrogens (tertiary/aromatic N) is 1. The zero-order valence-electron chi connectivity index (χ0n) is 11.3. The number of anilines is 2. The summed E-state index contributed by atoms with van der Waals surface area (Å²) in [5.74, 6) is -0.280. The molecule has 1 aromatic rings. The molecule has 19 heavy (non-hydrogen) atoms. The Balaban J connectivity index is 1.99. The van der Waals surface area contributed by atoms with E-state index in [1.54, 1.807) is 6.07 Å². The summed E-state index contributed by atoms with van der Waals surface area (Å²) in [7, 11) is 3.49. The van der Waals surface area contributed by atoms with Gasteiger partial charge < -0.3 is 25.4 Å². The van der Waals surface area contributed by atoms with E-state index in [0.717, 1.165) is 19.7 Å². The van der Waals surface area contributed by atoms with Gasteiger partial charge in [-0.15, -0.1) is 0 Å². The Hall–Kier alpha value is -1.53. The Morgan fingerprint density at radius 1 is 1.58 bits per heavy atom. The molecule has 1 fully saturated rings. The van der Waals surface area contributed by atoms with Crippen molar-refractivity contribution in [2.24, 2.45) is 0 Å². The lowest BCUT2D eigenvalue weighted by Crippen LogP contribution is -2.43. The fourth-order valence-corrected chi connectivity index (χ4v) is 2.09. The molecule has 1 aliphatic rings. The highest BCUT2D eigenvalue weighted by atomic mass is 19.1. The summed E-state index contributed by atoms with van der Waals surface area (Å²) in [6.07, 6.45) is 0.106. The standard InChI is InChI=1S/C13H20FN3O2/c1-17-3-4-19-9(8-17)7-16-12-6-13(18-2)10(14)5-11(12)15/h5-6,9,16H,3-4,7-8,15H2,1-2H3. The van der Waals surface area contributed by atoms with Gasteiger partial charge in [0.05, 0.1) is 31.2 Å². The van der Waals surface area contributed by atoms with Gasteiger partial charge in [-0.25, -0.2) is 4.39 Å². The van der Waals surface area contributed by atoms with Gasteiger partial charge in [-0.3, -0.25) is 0 Å². The lowest BCUT2D eigenvalue weighted by Gasteiger charge is -2.30. The first-order chi connectivity index (χ1) is 9.10. The van der Waals surface area contributed by atoms with Gasteiger partial charge in [0, 0.05) is 31.8 Å². The minimum atomic E-state index is -0.459. The number of nitrogens with one attached hydrogen (secondary N) is 1. The second-order valence-electron chi connectivity index (χ2n) is 4.71. The first-order valence-electron chi connectivity index (χ1n) is 6.27. The van der Waals surface area contributed by atoms with Crippen molar-refractivity contribution < 1.29 is 13.9 Å². The van der Waals surface area contributed by atoms with E-state index in [0.29, 0.717) is 17.9 Å². The molecule has 0 saturated carbocycles. The van der Waals surface area contributed by atoms with Crippen LogP contribution in [0.5, 0.6) is 5.75 Å². The molecular weight excluding hydrogens is 249 g/mol. The van der Waals surface area contributed by atoms with Crippen molar-refractivity contribution in [1.29, 1.82) is 0 Å². The molecule has 1 atom stereocenters. The van der Waals surface area contributed by atoms with Crippen molar-refractivity contribution in [1.82, 2.24) is 4.90 Å². The quantitative estimate of drug-likeness (QED) is 0.803. The number of methoxy groups -OCH3 is 1. The molecule has 1 aliphatic heterocycles. The highest BCUT2D eigenvalue weighted by molar-refractivity contribution is 5.68. The van der Waals surface area contributed by atoms with Crippen LogP contribution in [0.3, 0.4) is 0 Å². The van der Waals surface area contributed by atoms with Crippen LogP contribution in [-0.2, 0) is 4.74 Å². The Labute approximate surface area is 112 Å². The normalized spacial score (nSPS) is 20.3. The van der Waals surface area contributed by atoms with Crippen LogP contribution in [0.15, 0.2) is 12.1 Å². The lowest BCUT2D eigenvalue weighted by molar-refractivity contribution is -0.0117. The zero-order valence-corrected chi connectivity index (χ0v) is 11.3. The van der Waals surface area contributed by atoms with Gasteiger partial charge in [-0.2, -0.15) is 0 Å². The number of hydrogen-bond donors (Lipinski definition) is 2. The predicted octanol–water partition coefficient (Wildman–Crippen LogP) is 1.16. The zero-order chi connectivity index (χ0) is 13.8. The van der Waals surface area contributed by atoms with Crippen LogP contribution in [-0.4, -0.2) is 51.4 Å². The summed E-state index contributed by atoms with van der Waals surface area (Å²) in [6, 6.07) is 2.83. The van der Waals surface area contributed by atoms with Gasteiger partial charge in [0.15, 0.2) is 11.6 Å². The second-order valence-corrected chi connectivity index (χ2v) is 4.71. The number of rotatable bonds is 4. The molecule has 0 aliphatic carbocycles. The maximum Gasteiger partial charge on any atom is 0.167 e. The van der Waals surface area contributed by atoms with Gasteiger partial charge in [0.2, 0.25) is 0 Å². The molecule has 1 aromatic carbocycles. The average Bonchev–Trinajstić information content (AvgIpc) is 2.38. The maximum atomic E-state index is 13.4. The molecule has 3 N–H and O–H groups in total. The first-order valence-corrected chi connectivity index (χ1v) is 6.27. The van der Waals surface area contributed by atoms with Gasteiger partial charge in [0.25, 0.3) is 0 Å². The molecule has 1 saturated heterocycles. The molecule has 5 nitrogen and oxygen atoms in total. The molecule has 1 unspecified atom stereocenters. The summed E-state index contributed by atoms with van der Waals surface area (Å²) in [5.41, 5.74) is 6.80. The number of ether oxygens (including phenoxy) is 2. The van der Waals surface area contributed by atoms with Crippen LogP contribution in [0.2, 0.25) is 0 Å². The lowest BCUT2D eigenvalue weighted by atomic mass is 10.2. The van der Waals surface area contributed by atoms with Gasteiger partial charge >= 0.3 is 0 Å². The summed E-state index contributed by atoms with van der Waals surface area (Å²) in [4.78, 5) is 2.21. The Bertz CT molecular complexity index is 442. The maximum absolute atomic E-state index is 13.4. The van der Waals surface area contributed by atoms with Gasteiger partial charge in [-0.05, 0) is 7.05 Å². The summed E-state index contributed by atoms with van der Waals surface area (Å²) in [5, 5.41) is 3.18. The van der Waals surface area contributed by atoms with E-state index in [2.05, 4.69) is 17.3 Å². The second kappa shape index (κ2) is 6.08. The van der Waals surface area contributed by atoms with E-state index in [-0.39, 0.29) is 11.9 Å². The predicted molar refractivity (Wildman–Crippen MR) is 73.1 cm³/mol. The topological polar surface area (TPSA) is 59.8 Å². The minimum Gasteiger partial charge on any atom is -0.494 e.